The van der Waals surface area contributed by atoms with Crippen molar-refractivity contribution in [2.45, 2.75) is 13.8 Å². The number of hydrogen-bond donors (Lipinski definition) is 1. The van der Waals surface area contributed by atoms with E-state index >= 15 is 0 Å². The third-order valence-electron chi connectivity index (χ3n) is 3.07. The average Bonchev–Trinajstić information content (AvgIpc) is 2.96. The van der Waals surface area contributed by atoms with Crippen LogP contribution in [-0.2, 0) is 0 Å². The number of aromatic nitrogens is 5. The quantitative estimate of drug-likeness (QED) is 0.741. The van der Waals surface area contributed by atoms with E-state index in [0.717, 1.165) is 11.4 Å². The molecular formula is C15H13ClN6O. The van der Waals surface area contributed by atoms with Gasteiger partial charge in [0.1, 0.15) is 17.8 Å². The van der Waals surface area contributed by atoms with Crippen LogP contribution in [0, 0.1) is 6.92 Å². The van der Waals surface area contributed by atoms with Crippen molar-refractivity contribution in [3.05, 3.63) is 53.3 Å². The first kappa shape index (κ1) is 15.1. The molecule has 0 saturated heterocycles. The molecule has 1 N–H and O–H groups in total. The number of halogens is 1. The number of nitrogens with one attached hydrogen (secondary N) is 1. The van der Waals surface area contributed by atoms with Crippen molar-refractivity contribution in [3.8, 4) is 5.69 Å². The average molecular weight is 329 g/mol. The van der Waals surface area contributed by atoms with Crippen LogP contribution in [0.25, 0.3) is 5.69 Å². The van der Waals surface area contributed by atoms with Crippen molar-refractivity contribution < 1.29 is 4.79 Å². The number of rotatable bonds is 4. The summed E-state index contributed by atoms with van der Waals surface area (Å²) in [6.07, 6.45) is 3.05. The fourth-order valence-electron chi connectivity index (χ4n) is 1.97. The molecule has 0 unspecified atom stereocenters. The van der Waals surface area contributed by atoms with E-state index in [4.69, 9.17) is 11.6 Å². The number of hydrogen-bond acceptors (Lipinski definition) is 6. The Labute approximate surface area is 137 Å². The summed E-state index contributed by atoms with van der Waals surface area (Å²) >= 11 is 5.90. The van der Waals surface area contributed by atoms with Gasteiger partial charge < -0.3 is 5.32 Å². The fraction of sp³-hybridized carbons (Fsp3) is 0.133. The van der Waals surface area contributed by atoms with Crippen LogP contribution in [0.15, 0.2) is 36.8 Å². The van der Waals surface area contributed by atoms with Gasteiger partial charge in [0.2, 0.25) is 5.95 Å². The normalized spacial score (nSPS) is 10.6. The first-order valence-electron chi connectivity index (χ1n) is 6.82. The van der Waals surface area contributed by atoms with E-state index in [1.54, 1.807) is 11.0 Å². The maximum absolute atomic E-state index is 11.5. The highest BCUT2D eigenvalue weighted by molar-refractivity contribution is 6.33. The Hall–Kier alpha value is -2.80. The molecule has 0 spiro atoms. The van der Waals surface area contributed by atoms with Crippen LogP contribution in [-0.4, -0.2) is 30.5 Å². The van der Waals surface area contributed by atoms with Crippen molar-refractivity contribution in [1.82, 2.24) is 24.7 Å². The summed E-state index contributed by atoms with van der Waals surface area (Å²) in [4.78, 5) is 23.7. The molecule has 1 aromatic carbocycles. The number of ketones is 1. The highest BCUT2D eigenvalue weighted by Gasteiger charge is 2.10. The zero-order valence-electron chi connectivity index (χ0n) is 12.5. The molecular weight excluding hydrogens is 316 g/mol. The van der Waals surface area contributed by atoms with Crippen LogP contribution >= 0.6 is 11.6 Å². The summed E-state index contributed by atoms with van der Waals surface area (Å²) in [6, 6.07) is 7.49. The summed E-state index contributed by atoms with van der Waals surface area (Å²) in [7, 11) is 0. The predicted octanol–water partition coefficient (Wildman–Crippen LogP) is 2.97. The van der Waals surface area contributed by atoms with Gasteiger partial charge in [-0.15, -0.1) is 0 Å². The van der Waals surface area contributed by atoms with Crippen molar-refractivity contribution in [1.29, 1.82) is 0 Å². The van der Waals surface area contributed by atoms with Crippen LogP contribution in [0.3, 0.4) is 0 Å². The standard InChI is InChI=1S/C15H13ClN6O/c1-9(23)14-13(16)7-17-15(20-14)19-11-3-5-12(6-4-11)22-8-18-10(2)21-22/h3-8H,1-2H3,(H,17,19,20). The summed E-state index contributed by atoms with van der Waals surface area (Å²) in [5, 5.41) is 7.51. The fourth-order valence-corrected chi connectivity index (χ4v) is 2.20. The summed E-state index contributed by atoms with van der Waals surface area (Å²) in [6.45, 7) is 3.24. The molecule has 0 aliphatic heterocycles. The minimum Gasteiger partial charge on any atom is -0.324 e. The van der Waals surface area contributed by atoms with Crippen LogP contribution in [0.5, 0.6) is 0 Å². The highest BCUT2D eigenvalue weighted by atomic mass is 35.5. The second-order valence-corrected chi connectivity index (χ2v) is 5.26. The topological polar surface area (TPSA) is 85.6 Å². The molecule has 23 heavy (non-hydrogen) atoms. The lowest BCUT2D eigenvalue weighted by molar-refractivity contribution is 0.101. The second kappa shape index (κ2) is 6.13. The first-order valence-corrected chi connectivity index (χ1v) is 7.20. The van der Waals surface area contributed by atoms with Gasteiger partial charge in [-0.1, -0.05) is 11.6 Å². The highest BCUT2D eigenvalue weighted by Crippen LogP contribution is 2.19. The Kier molecular flexibility index (Phi) is 4.03. The van der Waals surface area contributed by atoms with Gasteiger partial charge in [0, 0.05) is 12.6 Å². The van der Waals surface area contributed by atoms with Crippen LogP contribution in [0.2, 0.25) is 5.02 Å². The number of anilines is 2. The summed E-state index contributed by atoms with van der Waals surface area (Å²) < 4.78 is 1.69. The number of nitrogens with zero attached hydrogens (tertiary/aromatic N) is 5. The van der Waals surface area contributed by atoms with Gasteiger partial charge in [0.15, 0.2) is 5.78 Å². The molecule has 0 aliphatic carbocycles. The third kappa shape index (κ3) is 3.35. The number of aryl methyl sites for hydroxylation is 1. The molecule has 7 nitrogen and oxygen atoms in total. The molecule has 0 bridgehead atoms. The Balaban J connectivity index is 1.81. The summed E-state index contributed by atoms with van der Waals surface area (Å²) in [5.74, 6) is 0.805. The van der Waals surface area contributed by atoms with Gasteiger partial charge >= 0.3 is 0 Å². The van der Waals surface area contributed by atoms with Gasteiger partial charge in [-0.05, 0) is 31.2 Å². The molecule has 3 rings (SSSR count). The molecule has 0 amide bonds. The molecule has 0 radical (unpaired) electrons. The molecule has 2 heterocycles. The van der Waals surface area contributed by atoms with Gasteiger partial charge in [-0.25, -0.2) is 19.6 Å². The summed E-state index contributed by atoms with van der Waals surface area (Å²) in [5.41, 5.74) is 1.86. The number of carbonyl (C=O) groups excluding carboxylic acids is 1. The molecule has 8 heteroatoms. The molecule has 3 aromatic rings. The molecule has 0 atom stereocenters. The van der Waals surface area contributed by atoms with Crippen molar-refractivity contribution in [2.75, 3.05) is 5.32 Å². The van der Waals surface area contributed by atoms with Crippen molar-refractivity contribution >= 4 is 29.0 Å². The van der Waals surface area contributed by atoms with Crippen LogP contribution < -0.4 is 5.32 Å². The SMILES string of the molecule is CC(=O)c1nc(Nc2ccc(-n3cnc(C)n3)cc2)ncc1Cl. The van der Waals surface area contributed by atoms with Gasteiger partial charge in [-0.2, -0.15) is 5.10 Å². The van der Waals surface area contributed by atoms with E-state index in [2.05, 4.69) is 25.4 Å². The number of Topliss-reactive ketones (excluding diaryl/α,β-unsaturated/α-hetero) is 1. The largest absolute Gasteiger partial charge is 0.324 e. The third-order valence-corrected chi connectivity index (χ3v) is 3.35. The minimum atomic E-state index is -0.211. The van der Waals surface area contributed by atoms with Crippen molar-refractivity contribution in [2.24, 2.45) is 0 Å². The second-order valence-electron chi connectivity index (χ2n) is 4.85. The Bertz CT molecular complexity index is 859. The molecule has 0 aliphatic rings. The maximum Gasteiger partial charge on any atom is 0.227 e. The van der Waals surface area contributed by atoms with Crippen molar-refractivity contribution in [3.63, 3.8) is 0 Å². The Morgan fingerprint density at radius 3 is 2.57 bits per heavy atom. The number of benzene rings is 1. The van der Waals surface area contributed by atoms with E-state index in [-0.39, 0.29) is 16.5 Å². The smallest absolute Gasteiger partial charge is 0.227 e. The lowest BCUT2D eigenvalue weighted by Crippen LogP contribution is -2.04. The van der Waals surface area contributed by atoms with Gasteiger partial charge in [-0.3, -0.25) is 4.79 Å². The van der Waals surface area contributed by atoms with E-state index in [9.17, 15) is 4.79 Å². The van der Waals surface area contributed by atoms with Gasteiger partial charge in [0.05, 0.1) is 16.9 Å². The molecule has 116 valence electrons. The Morgan fingerprint density at radius 2 is 1.96 bits per heavy atom. The molecule has 0 saturated carbocycles. The van der Waals surface area contributed by atoms with E-state index in [0.29, 0.717) is 11.8 Å². The monoisotopic (exact) mass is 328 g/mol. The van der Waals surface area contributed by atoms with Gasteiger partial charge in [0.25, 0.3) is 0 Å². The Morgan fingerprint density at radius 1 is 1.22 bits per heavy atom. The van der Waals surface area contributed by atoms with E-state index < -0.39 is 0 Å². The zero-order valence-corrected chi connectivity index (χ0v) is 13.2. The van der Waals surface area contributed by atoms with E-state index in [1.807, 2.05) is 31.2 Å². The lowest BCUT2D eigenvalue weighted by Gasteiger charge is -2.07. The van der Waals surface area contributed by atoms with E-state index in [1.165, 1.54) is 13.1 Å². The van der Waals surface area contributed by atoms with Crippen LogP contribution in [0.4, 0.5) is 11.6 Å². The zero-order chi connectivity index (χ0) is 16.4. The first-order chi connectivity index (χ1) is 11.0. The predicted molar refractivity (Wildman–Crippen MR) is 86.4 cm³/mol. The number of carbonyl (C=O) groups is 1. The lowest BCUT2D eigenvalue weighted by atomic mass is 10.3. The molecule has 2 aromatic heterocycles. The van der Waals surface area contributed by atoms with Crippen LogP contribution in [0.1, 0.15) is 23.2 Å². The molecule has 0 fully saturated rings. The minimum absolute atomic E-state index is 0.193. The maximum atomic E-state index is 11.5.